The lowest BCUT2D eigenvalue weighted by molar-refractivity contribution is -0.133. The molecular weight excluding hydrogens is 262 g/mol. The average Bonchev–Trinajstić information content (AvgIpc) is 3.33. The van der Waals surface area contributed by atoms with E-state index in [1.54, 1.807) is 0 Å². The molecule has 1 heterocycles. The van der Waals surface area contributed by atoms with Gasteiger partial charge in [0, 0.05) is 25.2 Å². The van der Waals surface area contributed by atoms with E-state index in [4.69, 9.17) is 5.73 Å². The molecule has 1 atom stereocenters. The average molecular weight is 287 g/mol. The third kappa shape index (κ3) is 3.63. The van der Waals surface area contributed by atoms with Crippen molar-refractivity contribution in [1.82, 2.24) is 9.80 Å². The van der Waals surface area contributed by atoms with E-state index in [-0.39, 0.29) is 12.5 Å². The lowest BCUT2D eigenvalue weighted by Gasteiger charge is -2.39. The van der Waals surface area contributed by atoms with Crippen molar-refractivity contribution in [3.05, 3.63) is 35.9 Å². The van der Waals surface area contributed by atoms with Crippen LogP contribution in [0.3, 0.4) is 0 Å². The van der Waals surface area contributed by atoms with E-state index in [2.05, 4.69) is 40.1 Å². The largest absolute Gasteiger partial charge is 0.334 e. The van der Waals surface area contributed by atoms with E-state index in [9.17, 15) is 4.79 Å². The van der Waals surface area contributed by atoms with Crippen LogP contribution in [0.2, 0.25) is 0 Å². The van der Waals surface area contributed by atoms with Crippen LogP contribution in [-0.4, -0.2) is 47.4 Å². The van der Waals surface area contributed by atoms with Crippen LogP contribution in [0.1, 0.15) is 31.2 Å². The zero-order valence-corrected chi connectivity index (χ0v) is 12.6. The van der Waals surface area contributed by atoms with E-state index in [0.29, 0.717) is 12.1 Å². The van der Waals surface area contributed by atoms with E-state index < -0.39 is 0 Å². The van der Waals surface area contributed by atoms with Crippen molar-refractivity contribution in [2.45, 2.75) is 44.3 Å². The summed E-state index contributed by atoms with van der Waals surface area (Å²) in [5.41, 5.74) is 6.95. The normalized spacial score (nSPS) is 23.0. The molecule has 2 aliphatic rings. The van der Waals surface area contributed by atoms with Gasteiger partial charge in [0.2, 0.25) is 5.91 Å². The monoisotopic (exact) mass is 287 g/mol. The molecule has 1 saturated carbocycles. The number of hydrogen-bond acceptors (Lipinski definition) is 3. The third-order valence-corrected chi connectivity index (χ3v) is 4.53. The van der Waals surface area contributed by atoms with Gasteiger partial charge in [-0.25, -0.2) is 0 Å². The maximum Gasteiger partial charge on any atom is 0.236 e. The van der Waals surface area contributed by atoms with Gasteiger partial charge in [-0.05, 0) is 37.8 Å². The highest BCUT2D eigenvalue weighted by Crippen LogP contribution is 2.31. The lowest BCUT2D eigenvalue weighted by atomic mass is 10.0. The standard InChI is InChI=1S/C17H25N3O/c18-11-17(21)20(15-8-9-15)16-7-4-10-19(13-16)12-14-5-2-1-3-6-14/h1-3,5-6,15-16H,4,7-13,18H2. The van der Waals surface area contributed by atoms with E-state index in [1.165, 1.54) is 12.0 Å². The second kappa shape index (κ2) is 6.58. The Morgan fingerprint density at radius 3 is 2.62 bits per heavy atom. The van der Waals surface area contributed by atoms with E-state index in [1.807, 2.05) is 0 Å². The number of carbonyl (C=O) groups excluding carboxylic acids is 1. The number of carbonyl (C=O) groups is 1. The van der Waals surface area contributed by atoms with Crippen LogP contribution in [0.5, 0.6) is 0 Å². The predicted molar refractivity (Wildman–Crippen MR) is 83.7 cm³/mol. The van der Waals surface area contributed by atoms with Gasteiger partial charge in [0.1, 0.15) is 0 Å². The molecule has 0 aromatic heterocycles. The van der Waals surface area contributed by atoms with E-state index in [0.717, 1.165) is 38.9 Å². The van der Waals surface area contributed by atoms with Crippen molar-refractivity contribution in [2.24, 2.45) is 5.73 Å². The summed E-state index contributed by atoms with van der Waals surface area (Å²) in [4.78, 5) is 16.7. The van der Waals surface area contributed by atoms with Gasteiger partial charge in [0.25, 0.3) is 0 Å². The molecule has 1 aromatic carbocycles. The number of nitrogens with zero attached hydrogens (tertiary/aromatic N) is 2. The highest BCUT2D eigenvalue weighted by molar-refractivity contribution is 5.79. The van der Waals surface area contributed by atoms with Crippen LogP contribution < -0.4 is 5.73 Å². The van der Waals surface area contributed by atoms with Crippen molar-refractivity contribution in [3.8, 4) is 0 Å². The summed E-state index contributed by atoms with van der Waals surface area (Å²) < 4.78 is 0. The fraction of sp³-hybridized carbons (Fsp3) is 0.588. The van der Waals surface area contributed by atoms with Crippen LogP contribution in [0, 0.1) is 0 Å². The Morgan fingerprint density at radius 2 is 1.95 bits per heavy atom. The number of hydrogen-bond donors (Lipinski definition) is 1. The summed E-state index contributed by atoms with van der Waals surface area (Å²) in [5.74, 6) is 0.129. The number of piperidine rings is 1. The number of nitrogens with two attached hydrogens (primary N) is 1. The highest BCUT2D eigenvalue weighted by atomic mass is 16.2. The summed E-state index contributed by atoms with van der Waals surface area (Å²) in [7, 11) is 0. The number of rotatable bonds is 5. The maximum atomic E-state index is 12.1. The van der Waals surface area contributed by atoms with Crippen molar-refractivity contribution in [1.29, 1.82) is 0 Å². The molecule has 1 aromatic rings. The first-order valence-corrected chi connectivity index (χ1v) is 8.05. The van der Waals surface area contributed by atoms with Gasteiger partial charge >= 0.3 is 0 Å². The van der Waals surface area contributed by atoms with Gasteiger partial charge < -0.3 is 10.6 Å². The molecule has 1 unspecified atom stereocenters. The van der Waals surface area contributed by atoms with Crippen LogP contribution in [0.25, 0.3) is 0 Å². The summed E-state index contributed by atoms with van der Waals surface area (Å²) in [6.07, 6.45) is 4.59. The number of benzene rings is 1. The first kappa shape index (κ1) is 14.5. The highest BCUT2D eigenvalue weighted by Gasteiger charge is 2.38. The summed E-state index contributed by atoms with van der Waals surface area (Å²) in [6, 6.07) is 11.4. The summed E-state index contributed by atoms with van der Waals surface area (Å²) >= 11 is 0. The Balaban J connectivity index is 1.63. The van der Waals surface area contributed by atoms with E-state index >= 15 is 0 Å². The molecule has 1 aliphatic heterocycles. The molecule has 2 fully saturated rings. The zero-order chi connectivity index (χ0) is 14.7. The molecule has 4 heteroatoms. The van der Waals surface area contributed by atoms with Gasteiger partial charge in [0.05, 0.1) is 6.54 Å². The molecule has 0 spiro atoms. The Hall–Kier alpha value is -1.39. The topological polar surface area (TPSA) is 49.6 Å². The van der Waals surface area contributed by atoms with Crippen LogP contribution >= 0.6 is 0 Å². The van der Waals surface area contributed by atoms with Gasteiger partial charge in [-0.3, -0.25) is 9.69 Å². The molecular formula is C17H25N3O. The Morgan fingerprint density at radius 1 is 1.19 bits per heavy atom. The van der Waals surface area contributed by atoms with Gasteiger partial charge in [-0.2, -0.15) is 0 Å². The fourth-order valence-electron chi connectivity index (χ4n) is 3.41. The SMILES string of the molecule is NCC(=O)N(C1CC1)C1CCCN(Cc2ccccc2)C1. The van der Waals surface area contributed by atoms with Crippen LogP contribution in [0.15, 0.2) is 30.3 Å². The molecule has 2 N–H and O–H groups in total. The molecule has 4 nitrogen and oxygen atoms in total. The molecule has 1 aliphatic carbocycles. The summed E-state index contributed by atoms with van der Waals surface area (Å²) in [5, 5.41) is 0. The first-order valence-electron chi connectivity index (χ1n) is 8.05. The molecule has 21 heavy (non-hydrogen) atoms. The van der Waals surface area contributed by atoms with Crippen molar-refractivity contribution in [2.75, 3.05) is 19.6 Å². The third-order valence-electron chi connectivity index (χ3n) is 4.53. The molecule has 0 bridgehead atoms. The van der Waals surface area contributed by atoms with Crippen molar-refractivity contribution < 1.29 is 4.79 Å². The quantitative estimate of drug-likeness (QED) is 0.895. The zero-order valence-electron chi connectivity index (χ0n) is 12.6. The molecule has 3 rings (SSSR count). The Kier molecular flexibility index (Phi) is 4.56. The van der Waals surface area contributed by atoms with Crippen molar-refractivity contribution >= 4 is 5.91 Å². The summed E-state index contributed by atoms with van der Waals surface area (Å²) in [6.45, 7) is 3.23. The Bertz CT molecular complexity index is 472. The molecule has 114 valence electrons. The second-order valence-electron chi connectivity index (χ2n) is 6.25. The van der Waals surface area contributed by atoms with Crippen LogP contribution in [-0.2, 0) is 11.3 Å². The van der Waals surface area contributed by atoms with Gasteiger partial charge in [-0.1, -0.05) is 30.3 Å². The van der Waals surface area contributed by atoms with Crippen LogP contribution in [0.4, 0.5) is 0 Å². The smallest absolute Gasteiger partial charge is 0.236 e. The minimum atomic E-state index is 0.129. The lowest BCUT2D eigenvalue weighted by Crippen LogP contribution is -2.52. The molecule has 0 radical (unpaired) electrons. The Labute approximate surface area is 126 Å². The first-order chi connectivity index (χ1) is 10.3. The molecule has 1 amide bonds. The van der Waals surface area contributed by atoms with Crippen molar-refractivity contribution in [3.63, 3.8) is 0 Å². The second-order valence-corrected chi connectivity index (χ2v) is 6.25. The minimum Gasteiger partial charge on any atom is -0.334 e. The fourth-order valence-corrected chi connectivity index (χ4v) is 3.41. The molecule has 1 saturated heterocycles. The maximum absolute atomic E-state index is 12.1. The predicted octanol–water partition coefficient (Wildman–Crippen LogP) is 1.60. The van der Waals surface area contributed by atoms with Gasteiger partial charge in [0.15, 0.2) is 0 Å². The van der Waals surface area contributed by atoms with Gasteiger partial charge in [-0.15, -0.1) is 0 Å². The minimum absolute atomic E-state index is 0.129. The number of likely N-dealkylation sites (tertiary alicyclic amines) is 1. The number of amides is 1.